The largest absolute Gasteiger partial charge is 0.481 e. The molecule has 1 heterocycles. The molecule has 0 aromatic carbocycles. The first-order valence-electron chi connectivity index (χ1n) is 7.90. The van der Waals surface area contributed by atoms with Crippen molar-refractivity contribution < 1.29 is 18.3 Å². The lowest BCUT2D eigenvalue weighted by Gasteiger charge is -2.33. The number of rotatable bonds is 5. The van der Waals surface area contributed by atoms with Gasteiger partial charge in [0.15, 0.2) is 0 Å². The maximum absolute atomic E-state index is 12.4. The van der Waals surface area contributed by atoms with E-state index in [1.807, 2.05) is 6.92 Å². The standard InChI is InChI=1S/C14H26N2O4S/c1-11(12-6-3-2-4-7-12)15-21(19,20)16-9-5-8-13(10-16)14(17)18/h11-13,15H,2-10H2,1H3,(H,17,18)/t11-,13?/m1/s1. The molecule has 21 heavy (non-hydrogen) atoms. The highest BCUT2D eigenvalue weighted by Gasteiger charge is 2.34. The number of nitrogens with zero attached hydrogens (tertiary/aromatic N) is 1. The second kappa shape index (κ2) is 7.07. The Hall–Kier alpha value is -0.660. The van der Waals surface area contributed by atoms with Gasteiger partial charge in [-0.05, 0) is 38.5 Å². The molecule has 1 saturated carbocycles. The van der Waals surface area contributed by atoms with Crippen molar-refractivity contribution in [1.82, 2.24) is 9.03 Å². The predicted molar refractivity (Wildman–Crippen MR) is 80.0 cm³/mol. The van der Waals surface area contributed by atoms with Gasteiger partial charge in [-0.15, -0.1) is 0 Å². The van der Waals surface area contributed by atoms with Crippen molar-refractivity contribution in [3.05, 3.63) is 0 Å². The summed E-state index contributed by atoms with van der Waals surface area (Å²) >= 11 is 0. The van der Waals surface area contributed by atoms with Crippen molar-refractivity contribution in [1.29, 1.82) is 0 Å². The lowest BCUT2D eigenvalue weighted by atomic mass is 9.85. The van der Waals surface area contributed by atoms with Crippen LogP contribution in [0.4, 0.5) is 0 Å². The summed E-state index contributed by atoms with van der Waals surface area (Å²) in [6, 6.07) is -0.0829. The Kier molecular flexibility index (Phi) is 5.62. The second-order valence-electron chi connectivity index (χ2n) is 6.35. The molecule has 2 N–H and O–H groups in total. The van der Waals surface area contributed by atoms with Gasteiger partial charge in [-0.1, -0.05) is 19.3 Å². The van der Waals surface area contributed by atoms with Gasteiger partial charge in [-0.3, -0.25) is 4.79 Å². The highest BCUT2D eigenvalue weighted by molar-refractivity contribution is 7.87. The van der Waals surface area contributed by atoms with E-state index in [2.05, 4.69) is 4.72 Å². The van der Waals surface area contributed by atoms with Crippen LogP contribution >= 0.6 is 0 Å². The van der Waals surface area contributed by atoms with Crippen LogP contribution in [0.15, 0.2) is 0 Å². The SMILES string of the molecule is C[C@@H](NS(=O)(=O)N1CCCC(C(=O)O)C1)C1CCCCC1. The summed E-state index contributed by atoms with van der Waals surface area (Å²) in [7, 11) is -3.58. The van der Waals surface area contributed by atoms with Crippen LogP contribution in [0, 0.1) is 11.8 Å². The van der Waals surface area contributed by atoms with Gasteiger partial charge in [0.25, 0.3) is 10.2 Å². The summed E-state index contributed by atoms with van der Waals surface area (Å²) in [6.45, 7) is 2.42. The van der Waals surface area contributed by atoms with Gasteiger partial charge in [0.1, 0.15) is 0 Å². The Morgan fingerprint density at radius 3 is 2.48 bits per heavy atom. The number of hydrogen-bond donors (Lipinski definition) is 2. The van der Waals surface area contributed by atoms with Gasteiger partial charge in [-0.25, -0.2) is 0 Å². The molecule has 0 spiro atoms. The fourth-order valence-electron chi connectivity index (χ4n) is 3.40. The fourth-order valence-corrected chi connectivity index (χ4v) is 4.96. The minimum absolute atomic E-state index is 0.0829. The minimum atomic E-state index is -3.58. The predicted octanol–water partition coefficient (Wildman–Crippen LogP) is 1.59. The molecule has 2 fully saturated rings. The summed E-state index contributed by atoms with van der Waals surface area (Å²) in [4.78, 5) is 11.1. The lowest BCUT2D eigenvalue weighted by Crippen LogP contribution is -2.51. The van der Waals surface area contributed by atoms with E-state index in [-0.39, 0.29) is 12.6 Å². The fraction of sp³-hybridized carbons (Fsp3) is 0.929. The molecule has 2 atom stereocenters. The van der Waals surface area contributed by atoms with Crippen molar-refractivity contribution in [2.24, 2.45) is 11.8 Å². The van der Waals surface area contributed by atoms with Crippen LogP contribution in [0.25, 0.3) is 0 Å². The molecule has 7 heteroatoms. The third kappa shape index (κ3) is 4.40. The maximum atomic E-state index is 12.4. The van der Waals surface area contributed by atoms with E-state index in [0.717, 1.165) is 12.8 Å². The van der Waals surface area contributed by atoms with Gasteiger partial charge in [0.05, 0.1) is 5.92 Å². The van der Waals surface area contributed by atoms with Crippen molar-refractivity contribution in [2.45, 2.75) is 57.9 Å². The third-order valence-electron chi connectivity index (χ3n) is 4.77. The molecular formula is C14H26N2O4S. The number of hydrogen-bond acceptors (Lipinski definition) is 3. The number of nitrogens with one attached hydrogen (secondary N) is 1. The zero-order valence-electron chi connectivity index (χ0n) is 12.6. The molecule has 2 aliphatic rings. The monoisotopic (exact) mass is 318 g/mol. The Bertz CT molecular complexity index is 460. The van der Waals surface area contributed by atoms with Crippen LogP contribution in [0.2, 0.25) is 0 Å². The molecule has 0 radical (unpaired) electrons. The third-order valence-corrected chi connectivity index (χ3v) is 6.45. The van der Waals surface area contributed by atoms with Crippen molar-refractivity contribution in [3.8, 4) is 0 Å². The number of carboxylic acids is 1. The molecule has 6 nitrogen and oxygen atoms in total. The molecule has 2 rings (SSSR count). The first-order chi connectivity index (χ1) is 9.90. The van der Waals surface area contributed by atoms with E-state index in [9.17, 15) is 13.2 Å². The van der Waals surface area contributed by atoms with Crippen molar-refractivity contribution >= 4 is 16.2 Å². The Morgan fingerprint density at radius 2 is 1.86 bits per heavy atom. The van der Waals surface area contributed by atoms with E-state index in [1.54, 1.807) is 0 Å². The van der Waals surface area contributed by atoms with Crippen molar-refractivity contribution in [2.75, 3.05) is 13.1 Å². The molecule has 0 amide bonds. The normalized spacial score (nSPS) is 27.4. The minimum Gasteiger partial charge on any atom is -0.481 e. The quantitative estimate of drug-likeness (QED) is 0.806. The average molecular weight is 318 g/mol. The van der Waals surface area contributed by atoms with E-state index < -0.39 is 22.1 Å². The Balaban J connectivity index is 1.95. The van der Waals surface area contributed by atoms with Crippen LogP contribution in [-0.2, 0) is 15.0 Å². The molecule has 122 valence electrons. The molecular weight excluding hydrogens is 292 g/mol. The van der Waals surface area contributed by atoms with E-state index in [0.29, 0.717) is 25.3 Å². The zero-order chi connectivity index (χ0) is 15.5. The van der Waals surface area contributed by atoms with Crippen LogP contribution in [0.1, 0.15) is 51.9 Å². The van der Waals surface area contributed by atoms with Crippen molar-refractivity contribution in [3.63, 3.8) is 0 Å². The average Bonchev–Trinajstić information content (AvgIpc) is 2.48. The Labute approximate surface area is 127 Å². The van der Waals surface area contributed by atoms with Crippen LogP contribution < -0.4 is 4.72 Å². The van der Waals surface area contributed by atoms with E-state index in [4.69, 9.17) is 5.11 Å². The smallest absolute Gasteiger partial charge is 0.307 e. The molecule has 1 aliphatic carbocycles. The summed E-state index contributed by atoms with van der Waals surface area (Å²) in [6.07, 6.45) is 6.88. The molecule has 1 unspecified atom stereocenters. The highest BCUT2D eigenvalue weighted by atomic mass is 32.2. The van der Waals surface area contributed by atoms with Crippen LogP contribution in [0.5, 0.6) is 0 Å². The van der Waals surface area contributed by atoms with E-state index in [1.165, 1.54) is 23.6 Å². The van der Waals surface area contributed by atoms with E-state index >= 15 is 0 Å². The van der Waals surface area contributed by atoms with Crippen LogP contribution in [-0.4, -0.2) is 42.9 Å². The summed E-state index contributed by atoms with van der Waals surface area (Å²) < 4.78 is 28.9. The molecule has 0 bridgehead atoms. The number of carbonyl (C=O) groups is 1. The summed E-state index contributed by atoms with van der Waals surface area (Å²) in [5, 5.41) is 9.07. The highest BCUT2D eigenvalue weighted by Crippen LogP contribution is 2.27. The summed E-state index contributed by atoms with van der Waals surface area (Å²) in [5.41, 5.74) is 0. The number of carboxylic acid groups (broad SMARTS) is 1. The lowest BCUT2D eigenvalue weighted by molar-refractivity contribution is -0.142. The number of aliphatic carboxylic acids is 1. The molecule has 0 aromatic heterocycles. The maximum Gasteiger partial charge on any atom is 0.307 e. The molecule has 0 aromatic rings. The first kappa shape index (κ1) is 16.7. The van der Waals surface area contributed by atoms with Gasteiger partial charge in [-0.2, -0.15) is 17.4 Å². The Morgan fingerprint density at radius 1 is 1.19 bits per heavy atom. The number of piperidine rings is 1. The van der Waals surface area contributed by atoms with Gasteiger partial charge < -0.3 is 5.11 Å². The van der Waals surface area contributed by atoms with Gasteiger partial charge >= 0.3 is 5.97 Å². The van der Waals surface area contributed by atoms with Gasteiger partial charge in [0.2, 0.25) is 0 Å². The topological polar surface area (TPSA) is 86.7 Å². The van der Waals surface area contributed by atoms with Gasteiger partial charge in [0, 0.05) is 19.1 Å². The summed E-state index contributed by atoms with van der Waals surface area (Å²) in [5.74, 6) is -1.09. The molecule has 1 saturated heterocycles. The molecule has 1 aliphatic heterocycles. The zero-order valence-corrected chi connectivity index (χ0v) is 13.4. The first-order valence-corrected chi connectivity index (χ1v) is 9.34. The second-order valence-corrected chi connectivity index (χ2v) is 8.05. The van der Waals surface area contributed by atoms with Crippen LogP contribution in [0.3, 0.4) is 0 Å².